The number of benzene rings is 1. The van der Waals surface area contributed by atoms with E-state index in [-0.39, 0.29) is 11.9 Å². The fraction of sp³-hybridized carbons (Fsp3) is 0.450. The summed E-state index contributed by atoms with van der Waals surface area (Å²) < 4.78 is 0. The van der Waals surface area contributed by atoms with Crippen LogP contribution in [0.5, 0.6) is 0 Å². The number of rotatable bonds is 3. The first kappa shape index (κ1) is 16.1. The number of anilines is 2. The van der Waals surface area contributed by atoms with Crippen molar-refractivity contribution < 1.29 is 4.79 Å². The molecule has 1 saturated carbocycles. The molecule has 25 heavy (non-hydrogen) atoms. The fourth-order valence-electron chi connectivity index (χ4n) is 3.88. The third-order valence-corrected chi connectivity index (χ3v) is 5.24. The Kier molecular flexibility index (Phi) is 4.63. The second kappa shape index (κ2) is 7.21. The van der Waals surface area contributed by atoms with Crippen molar-refractivity contribution in [2.45, 2.75) is 51.0 Å². The summed E-state index contributed by atoms with van der Waals surface area (Å²) in [4.78, 5) is 23.4. The second-order valence-corrected chi connectivity index (χ2v) is 6.95. The van der Waals surface area contributed by atoms with E-state index in [1.165, 1.54) is 43.3 Å². The van der Waals surface area contributed by atoms with Gasteiger partial charge in [0.2, 0.25) is 0 Å². The maximum absolute atomic E-state index is 12.6. The third kappa shape index (κ3) is 3.50. The molecule has 0 bridgehead atoms. The summed E-state index contributed by atoms with van der Waals surface area (Å²) in [6.45, 7) is 0.889. The number of amides is 1. The van der Waals surface area contributed by atoms with Gasteiger partial charge in [-0.2, -0.15) is 0 Å². The lowest BCUT2D eigenvalue weighted by Gasteiger charge is -2.19. The van der Waals surface area contributed by atoms with Crippen molar-refractivity contribution in [1.29, 1.82) is 0 Å². The Morgan fingerprint density at radius 3 is 2.72 bits per heavy atom. The van der Waals surface area contributed by atoms with Gasteiger partial charge in [0, 0.05) is 24.3 Å². The van der Waals surface area contributed by atoms with Crippen molar-refractivity contribution in [2.24, 2.45) is 0 Å². The van der Waals surface area contributed by atoms with E-state index in [0.29, 0.717) is 5.69 Å². The molecule has 5 nitrogen and oxygen atoms in total. The molecule has 1 aliphatic carbocycles. The van der Waals surface area contributed by atoms with Crippen LogP contribution < -0.4 is 10.2 Å². The molecule has 1 aliphatic heterocycles. The number of fused-ring (bicyclic) bond motifs is 1. The first-order chi connectivity index (χ1) is 12.3. The minimum atomic E-state index is -0.0805. The summed E-state index contributed by atoms with van der Waals surface area (Å²) in [7, 11) is 0. The number of aromatic nitrogens is 2. The number of hydrogen-bond acceptors (Lipinski definition) is 4. The van der Waals surface area contributed by atoms with E-state index in [4.69, 9.17) is 0 Å². The molecule has 0 spiro atoms. The van der Waals surface area contributed by atoms with Crippen molar-refractivity contribution in [3.8, 4) is 0 Å². The molecule has 1 amide bonds. The first-order valence-electron chi connectivity index (χ1n) is 9.29. The zero-order chi connectivity index (χ0) is 17.1. The van der Waals surface area contributed by atoms with Gasteiger partial charge in [-0.05, 0) is 30.9 Å². The predicted molar refractivity (Wildman–Crippen MR) is 98.1 cm³/mol. The molecular formula is C20H24N4O. The van der Waals surface area contributed by atoms with Crippen molar-refractivity contribution in [1.82, 2.24) is 15.3 Å². The van der Waals surface area contributed by atoms with Gasteiger partial charge in [-0.15, -0.1) is 0 Å². The van der Waals surface area contributed by atoms with Crippen LogP contribution in [0.25, 0.3) is 0 Å². The van der Waals surface area contributed by atoms with Crippen LogP contribution in [0.3, 0.4) is 0 Å². The van der Waals surface area contributed by atoms with Crippen LogP contribution >= 0.6 is 0 Å². The zero-order valence-corrected chi connectivity index (χ0v) is 14.4. The lowest BCUT2D eigenvalue weighted by atomic mass is 10.1. The van der Waals surface area contributed by atoms with Gasteiger partial charge in [0.25, 0.3) is 5.91 Å². The molecule has 130 valence electrons. The highest BCUT2D eigenvalue weighted by molar-refractivity contribution is 5.93. The molecule has 2 aliphatic rings. The molecule has 0 unspecified atom stereocenters. The van der Waals surface area contributed by atoms with Crippen LogP contribution in [-0.2, 0) is 6.42 Å². The van der Waals surface area contributed by atoms with E-state index >= 15 is 0 Å². The van der Waals surface area contributed by atoms with Crippen molar-refractivity contribution in [2.75, 3.05) is 11.4 Å². The molecule has 2 heterocycles. The molecule has 5 heteroatoms. The number of para-hydroxylation sites is 1. The topological polar surface area (TPSA) is 58.1 Å². The minimum absolute atomic E-state index is 0.0805. The number of nitrogens with one attached hydrogen (secondary N) is 1. The van der Waals surface area contributed by atoms with Crippen molar-refractivity contribution >= 4 is 17.4 Å². The Morgan fingerprint density at radius 1 is 1.08 bits per heavy atom. The zero-order valence-electron chi connectivity index (χ0n) is 14.4. The van der Waals surface area contributed by atoms with E-state index in [1.54, 1.807) is 0 Å². The Balaban J connectivity index is 1.51. The predicted octanol–water partition coefficient (Wildman–Crippen LogP) is 3.62. The summed E-state index contributed by atoms with van der Waals surface area (Å²) in [5.41, 5.74) is 2.96. The Hall–Kier alpha value is -2.43. The second-order valence-electron chi connectivity index (χ2n) is 6.95. The molecule has 1 N–H and O–H groups in total. The molecule has 1 aromatic heterocycles. The quantitative estimate of drug-likeness (QED) is 0.870. The number of carbonyl (C=O) groups excluding carboxylic acids is 1. The molecule has 1 aromatic carbocycles. The summed E-state index contributed by atoms with van der Waals surface area (Å²) in [6.07, 6.45) is 9.60. The van der Waals surface area contributed by atoms with Crippen LogP contribution in [-0.4, -0.2) is 28.5 Å². The van der Waals surface area contributed by atoms with Crippen LogP contribution in [0.4, 0.5) is 11.5 Å². The van der Waals surface area contributed by atoms with E-state index in [0.717, 1.165) is 31.6 Å². The van der Waals surface area contributed by atoms with Gasteiger partial charge in [0.1, 0.15) is 17.8 Å². The van der Waals surface area contributed by atoms with Gasteiger partial charge in [0.15, 0.2) is 0 Å². The van der Waals surface area contributed by atoms with E-state index in [2.05, 4.69) is 38.4 Å². The summed E-state index contributed by atoms with van der Waals surface area (Å²) in [5, 5.41) is 3.16. The van der Waals surface area contributed by atoms with Gasteiger partial charge in [-0.3, -0.25) is 4.79 Å². The lowest BCUT2D eigenvalue weighted by Crippen LogP contribution is -2.35. The molecule has 1 fully saturated rings. The highest BCUT2D eigenvalue weighted by Crippen LogP contribution is 2.33. The van der Waals surface area contributed by atoms with E-state index in [1.807, 2.05) is 12.1 Å². The SMILES string of the molecule is O=C(NC1CCCCCC1)c1cc(N2CCc3ccccc32)ncn1. The number of carbonyl (C=O) groups is 1. The summed E-state index contributed by atoms with van der Waals surface area (Å²) in [5.74, 6) is 0.717. The Morgan fingerprint density at radius 2 is 1.88 bits per heavy atom. The van der Waals surface area contributed by atoms with E-state index in [9.17, 15) is 4.79 Å². The molecule has 2 aromatic rings. The van der Waals surface area contributed by atoms with Crippen LogP contribution in [0, 0.1) is 0 Å². The Labute approximate surface area is 148 Å². The number of nitrogens with zero attached hydrogens (tertiary/aromatic N) is 3. The van der Waals surface area contributed by atoms with Gasteiger partial charge >= 0.3 is 0 Å². The van der Waals surface area contributed by atoms with Crippen molar-refractivity contribution in [3.63, 3.8) is 0 Å². The molecule has 4 rings (SSSR count). The molecular weight excluding hydrogens is 312 g/mol. The largest absolute Gasteiger partial charge is 0.348 e. The van der Waals surface area contributed by atoms with Gasteiger partial charge in [-0.1, -0.05) is 43.9 Å². The highest BCUT2D eigenvalue weighted by atomic mass is 16.1. The normalized spacial score (nSPS) is 17.8. The molecule has 0 atom stereocenters. The van der Waals surface area contributed by atoms with Crippen LogP contribution in [0.1, 0.15) is 54.6 Å². The monoisotopic (exact) mass is 336 g/mol. The standard InChI is InChI=1S/C20H24N4O/c25-20(23-16-8-3-1-2-4-9-16)17-13-19(22-14-21-17)24-12-11-15-7-5-6-10-18(15)24/h5-7,10,13-14,16H,1-4,8-9,11-12H2,(H,23,25). The third-order valence-electron chi connectivity index (χ3n) is 5.24. The van der Waals surface area contributed by atoms with Gasteiger partial charge < -0.3 is 10.2 Å². The van der Waals surface area contributed by atoms with Crippen LogP contribution in [0.2, 0.25) is 0 Å². The smallest absolute Gasteiger partial charge is 0.270 e. The number of hydrogen-bond donors (Lipinski definition) is 1. The summed E-state index contributed by atoms with van der Waals surface area (Å²) >= 11 is 0. The van der Waals surface area contributed by atoms with Gasteiger partial charge in [-0.25, -0.2) is 9.97 Å². The Bertz CT molecular complexity index is 753. The fourth-order valence-corrected chi connectivity index (χ4v) is 3.88. The minimum Gasteiger partial charge on any atom is -0.348 e. The van der Waals surface area contributed by atoms with Crippen LogP contribution in [0.15, 0.2) is 36.7 Å². The maximum atomic E-state index is 12.6. The average Bonchev–Trinajstić information content (AvgIpc) is 2.92. The molecule has 0 saturated heterocycles. The molecule has 0 radical (unpaired) electrons. The lowest BCUT2D eigenvalue weighted by molar-refractivity contribution is 0.0928. The van der Waals surface area contributed by atoms with Gasteiger partial charge in [0.05, 0.1) is 0 Å². The first-order valence-corrected chi connectivity index (χ1v) is 9.29. The maximum Gasteiger partial charge on any atom is 0.270 e. The van der Waals surface area contributed by atoms with Crippen molar-refractivity contribution in [3.05, 3.63) is 47.9 Å². The highest BCUT2D eigenvalue weighted by Gasteiger charge is 2.22. The van der Waals surface area contributed by atoms with E-state index < -0.39 is 0 Å². The summed E-state index contributed by atoms with van der Waals surface area (Å²) in [6, 6.07) is 10.5. The average molecular weight is 336 g/mol.